The zero-order chi connectivity index (χ0) is 16.0. The Morgan fingerprint density at radius 1 is 1.48 bits per heavy atom. The number of halogens is 1. The molecule has 0 aliphatic rings. The number of carboxylic acids is 1. The van der Waals surface area contributed by atoms with Gasteiger partial charge in [-0.15, -0.1) is 12.6 Å². The number of nitrogens with one attached hydrogen (secondary N) is 2. The Kier molecular flexibility index (Phi) is 6.39. The maximum absolute atomic E-state index is 11.7. The van der Waals surface area contributed by atoms with Crippen LogP contribution in [0.25, 0.3) is 0 Å². The molecule has 114 valence electrons. The van der Waals surface area contributed by atoms with Crippen molar-refractivity contribution in [1.29, 1.82) is 0 Å². The number of hydrogen-bond donors (Lipinski definition) is 4. The number of thiol groups is 1. The third kappa shape index (κ3) is 5.20. The molecule has 1 aromatic carbocycles. The van der Waals surface area contributed by atoms with Crippen molar-refractivity contribution < 1.29 is 19.4 Å². The topological polar surface area (TPSA) is 87.7 Å². The minimum absolute atomic E-state index is 0.0249. The average Bonchev–Trinajstić information content (AvgIpc) is 2.38. The van der Waals surface area contributed by atoms with Gasteiger partial charge in [-0.25, -0.2) is 4.79 Å². The Balaban J connectivity index is 2.82. The van der Waals surface area contributed by atoms with E-state index < -0.39 is 17.4 Å². The first-order valence-corrected chi connectivity index (χ1v) is 6.72. The number of carbonyl (C=O) groups is 2. The van der Waals surface area contributed by atoms with Crippen LogP contribution in [-0.4, -0.2) is 29.6 Å². The monoisotopic (exact) mass is 330 g/mol. The average molecular weight is 331 g/mol. The van der Waals surface area contributed by atoms with Crippen molar-refractivity contribution in [3.63, 3.8) is 0 Å². The third-order valence-electron chi connectivity index (χ3n) is 2.42. The summed E-state index contributed by atoms with van der Waals surface area (Å²) in [5.74, 6) is -1.51. The van der Waals surface area contributed by atoms with E-state index in [0.29, 0.717) is 10.6 Å². The lowest BCUT2D eigenvalue weighted by Crippen LogP contribution is -2.37. The summed E-state index contributed by atoms with van der Waals surface area (Å²) < 4.78 is 4.73. The summed E-state index contributed by atoms with van der Waals surface area (Å²) in [5, 5.41) is 14.7. The summed E-state index contributed by atoms with van der Waals surface area (Å²) in [6, 6.07) is 4.28. The first-order chi connectivity index (χ1) is 9.85. The van der Waals surface area contributed by atoms with Crippen LogP contribution in [0, 0.1) is 0 Å². The van der Waals surface area contributed by atoms with Crippen molar-refractivity contribution in [3.8, 4) is 0 Å². The summed E-state index contributed by atoms with van der Waals surface area (Å²) in [6.07, 6.45) is 1.29. The van der Waals surface area contributed by atoms with Crippen LogP contribution in [0.1, 0.15) is 17.3 Å². The molecule has 0 bridgehead atoms. The molecule has 3 N–H and O–H groups in total. The van der Waals surface area contributed by atoms with Gasteiger partial charge in [0, 0.05) is 10.6 Å². The number of carboxylic acid groups (broad SMARTS) is 1. The Labute approximate surface area is 132 Å². The molecule has 0 saturated heterocycles. The van der Waals surface area contributed by atoms with E-state index in [-0.39, 0.29) is 11.3 Å². The van der Waals surface area contributed by atoms with E-state index >= 15 is 0 Å². The van der Waals surface area contributed by atoms with Crippen molar-refractivity contribution in [1.82, 2.24) is 5.32 Å². The number of carbonyl (C=O) groups excluding carboxylic acids is 1. The zero-order valence-corrected chi connectivity index (χ0v) is 13.0. The third-order valence-corrected chi connectivity index (χ3v) is 2.92. The predicted octanol–water partition coefficient (Wildman–Crippen LogP) is 2.33. The number of rotatable bonds is 6. The highest BCUT2D eigenvalue weighted by molar-refractivity contribution is 7.81. The molecule has 0 heterocycles. The van der Waals surface area contributed by atoms with Crippen LogP contribution in [0.3, 0.4) is 0 Å². The van der Waals surface area contributed by atoms with Crippen LogP contribution < -0.4 is 10.6 Å². The quantitative estimate of drug-likeness (QED) is 0.278. The molecule has 0 spiro atoms. The lowest BCUT2D eigenvalue weighted by atomic mass is 10.2. The van der Waals surface area contributed by atoms with Crippen molar-refractivity contribution in [2.45, 2.75) is 12.4 Å². The Morgan fingerprint density at radius 2 is 2.14 bits per heavy atom. The fraction of sp³-hybridized carbons (Fsp3) is 0.231. The second kappa shape index (κ2) is 7.80. The fourth-order valence-corrected chi connectivity index (χ4v) is 1.90. The van der Waals surface area contributed by atoms with E-state index in [2.05, 4.69) is 23.3 Å². The molecule has 1 aromatic rings. The van der Waals surface area contributed by atoms with E-state index in [9.17, 15) is 9.59 Å². The Hall–Kier alpha value is -1.86. The summed E-state index contributed by atoms with van der Waals surface area (Å²) in [6.45, 7) is 1.57. The second-order valence-corrected chi connectivity index (χ2v) is 5.00. The molecular weight excluding hydrogens is 316 g/mol. The van der Waals surface area contributed by atoms with E-state index in [1.807, 2.05) is 0 Å². The summed E-state index contributed by atoms with van der Waals surface area (Å²) in [4.78, 5) is 22.8. The van der Waals surface area contributed by atoms with Crippen LogP contribution in [0.5, 0.6) is 0 Å². The van der Waals surface area contributed by atoms with E-state index in [0.717, 1.165) is 0 Å². The number of benzene rings is 1. The number of ether oxygens (including phenoxy) is 1. The number of anilines is 1. The molecule has 0 fully saturated rings. The largest absolute Gasteiger partial charge is 0.504 e. The van der Waals surface area contributed by atoms with Crippen molar-refractivity contribution in [2.75, 3.05) is 12.4 Å². The van der Waals surface area contributed by atoms with Crippen LogP contribution in [0.4, 0.5) is 5.69 Å². The minimum Gasteiger partial charge on any atom is -0.504 e. The summed E-state index contributed by atoms with van der Waals surface area (Å²) in [5.41, 5.74) is -0.169. The highest BCUT2D eigenvalue weighted by Gasteiger charge is 2.15. The lowest BCUT2D eigenvalue weighted by Gasteiger charge is -2.18. The first-order valence-electron chi connectivity index (χ1n) is 5.83. The second-order valence-electron chi connectivity index (χ2n) is 4.05. The predicted molar refractivity (Wildman–Crippen MR) is 83.7 cm³/mol. The molecule has 21 heavy (non-hydrogen) atoms. The molecule has 1 amide bonds. The molecule has 1 atom stereocenters. The van der Waals surface area contributed by atoms with Crippen LogP contribution in [0.2, 0.25) is 5.02 Å². The molecular formula is C13H15ClN2O4S. The smallest absolute Gasteiger partial charge is 0.337 e. The molecule has 0 unspecified atom stereocenters. The van der Waals surface area contributed by atoms with Gasteiger partial charge >= 0.3 is 5.97 Å². The van der Waals surface area contributed by atoms with Crippen LogP contribution in [0.15, 0.2) is 30.0 Å². The number of aromatic carboxylic acids is 1. The molecule has 0 radical (unpaired) electrons. The normalized spacial score (nSPS) is 12.5. The van der Waals surface area contributed by atoms with Crippen LogP contribution >= 0.6 is 24.2 Å². The van der Waals surface area contributed by atoms with Gasteiger partial charge in [0.25, 0.3) is 5.91 Å². The van der Waals surface area contributed by atoms with Crippen molar-refractivity contribution in [2.24, 2.45) is 0 Å². The van der Waals surface area contributed by atoms with Gasteiger partial charge < -0.3 is 20.5 Å². The van der Waals surface area contributed by atoms with Gasteiger partial charge in [0.1, 0.15) is 5.50 Å². The lowest BCUT2D eigenvalue weighted by molar-refractivity contribution is -0.117. The molecule has 0 aliphatic heterocycles. The van der Waals surface area contributed by atoms with Gasteiger partial charge in [-0.2, -0.15) is 0 Å². The van der Waals surface area contributed by atoms with Gasteiger partial charge in [-0.3, -0.25) is 4.79 Å². The highest BCUT2D eigenvalue weighted by atomic mass is 35.5. The number of methoxy groups -OCH3 is 1. The van der Waals surface area contributed by atoms with Gasteiger partial charge in [-0.1, -0.05) is 11.6 Å². The molecule has 1 rings (SSSR count). The summed E-state index contributed by atoms with van der Waals surface area (Å²) in [7, 11) is 1.43. The molecule has 8 heteroatoms. The van der Waals surface area contributed by atoms with Gasteiger partial charge in [0.05, 0.1) is 24.6 Å². The SMILES string of the molecule is CO/C=C(\C)C(=O)N[C@H](S)Nc1cc(Cl)ccc1C(=O)O. The molecule has 6 nitrogen and oxygen atoms in total. The molecule has 0 saturated carbocycles. The Bertz CT molecular complexity index is 577. The number of hydrogen-bond acceptors (Lipinski definition) is 5. The molecule has 0 aromatic heterocycles. The fourth-order valence-electron chi connectivity index (χ4n) is 1.47. The van der Waals surface area contributed by atoms with Crippen molar-refractivity contribution >= 4 is 41.8 Å². The van der Waals surface area contributed by atoms with Crippen LogP contribution in [-0.2, 0) is 9.53 Å². The molecule has 0 aliphatic carbocycles. The highest BCUT2D eigenvalue weighted by Crippen LogP contribution is 2.22. The summed E-state index contributed by atoms with van der Waals surface area (Å²) >= 11 is 9.98. The number of amides is 1. The minimum atomic E-state index is -1.11. The first kappa shape index (κ1) is 17.2. The van der Waals surface area contributed by atoms with Crippen molar-refractivity contribution in [3.05, 3.63) is 40.6 Å². The van der Waals surface area contributed by atoms with Gasteiger partial charge in [-0.05, 0) is 25.1 Å². The zero-order valence-electron chi connectivity index (χ0n) is 11.4. The van der Waals surface area contributed by atoms with Gasteiger partial charge in [0.15, 0.2) is 0 Å². The van der Waals surface area contributed by atoms with E-state index in [4.69, 9.17) is 21.4 Å². The van der Waals surface area contributed by atoms with E-state index in [1.165, 1.54) is 31.6 Å². The van der Waals surface area contributed by atoms with E-state index in [1.54, 1.807) is 6.92 Å². The maximum atomic E-state index is 11.7. The Morgan fingerprint density at radius 3 is 2.71 bits per heavy atom. The standard InChI is InChI=1S/C13H15ClN2O4S/c1-7(6-20-2)11(17)16-13(21)15-10-5-8(14)3-4-9(10)12(18)19/h3-6,13,15,21H,1-2H3,(H,16,17)(H,18,19)/b7-6+/t13-/m1/s1. The van der Waals surface area contributed by atoms with Gasteiger partial charge in [0.2, 0.25) is 0 Å². The maximum Gasteiger partial charge on any atom is 0.337 e.